The average molecular weight is 454 g/mol. The molecule has 0 aliphatic carbocycles. The molecule has 3 rings (SSSR count). The molecule has 1 aliphatic rings. The van der Waals surface area contributed by atoms with Gasteiger partial charge in [0.05, 0.1) is 29.1 Å². The number of piperazine rings is 1. The second-order valence-corrected chi connectivity index (χ2v) is 7.52. The van der Waals surface area contributed by atoms with Crippen LogP contribution in [0.2, 0.25) is 0 Å². The van der Waals surface area contributed by atoms with Crippen LogP contribution in [0.25, 0.3) is 0 Å². The largest absolute Gasteiger partial charge is 0.417 e. The highest BCUT2D eigenvalue weighted by molar-refractivity contribution is 5.89. The molecular formula is C21H23ClF3N5O. The SMILES string of the molecule is Cc1cncc(NC(=O)N2C[C@H](C)N(c3ccc(C#N)c(C(F)(F)F)c3)C[C@H]2C)c1.Cl. The number of hydrogen-bond donors (Lipinski definition) is 1. The first-order valence-corrected chi connectivity index (χ1v) is 9.47. The van der Waals surface area contributed by atoms with E-state index >= 15 is 0 Å². The second-order valence-electron chi connectivity index (χ2n) is 7.52. The second kappa shape index (κ2) is 9.43. The van der Waals surface area contributed by atoms with Gasteiger partial charge in [-0.05, 0) is 50.6 Å². The molecule has 2 atom stereocenters. The molecule has 2 heterocycles. The minimum absolute atomic E-state index is 0. The van der Waals surface area contributed by atoms with Gasteiger partial charge in [0.1, 0.15) is 0 Å². The summed E-state index contributed by atoms with van der Waals surface area (Å²) in [7, 11) is 0. The van der Waals surface area contributed by atoms with Crippen LogP contribution in [-0.4, -0.2) is 41.1 Å². The molecular weight excluding hydrogens is 431 g/mol. The topological polar surface area (TPSA) is 72.3 Å². The van der Waals surface area contributed by atoms with E-state index in [4.69, 9.17) is 5.26 Å². The molecule has 1 fully saturated rings. The van der Waals surface area contributed by atoms with E-state index < -0.39 is 17.3 Å². The monoisotopic (exact) mass is 453 g/mol. The molecule has 1 aliphatic heterocycles. The first-order chi connectivity index (χ1) is 14.1. The number of nitriles is 1. The number of urea groups is 1. The molecule has 6 nitrogen and oxygen atoms in total. The molecule has 1 aromatic carbocycles. The van der Waals surface area contributed by atoms with Crippen molar-refractivity contribution >= 4 is 29.8 Å². The first-order valence-electron chi connectivity index (χ1n) is 9.47. The Balaban J connectivity index is 0.00000341. The standard InChI is InChI=1S/C21H22F3N5O.ClH/c1-13-6-17(10-26-9-13)27-20(30)29-12-14(2)28(11-15(29)3)18-5-4-16(8-25)19(7-18)21(22,23)24;/h4-7,9-10,14-15H,11-12H2,1-3H3,(H,27,30);1H/t14-,15+;/m0./s1. The fourth-order valence-electron chi connectivity index (χ4n) is 3.63. The Morgan fingerprint density at radius 2 is 1.90 bits per heavy atom. The van der Waals surface area contributed by atoms with Crippen LogP contribution < -0.4 is 10.2 Å². The van der Waals surface area contributed by atoms with E-state index in [0.717, 1.165) is 11.6 Å². The van der Waals surface area contributed by atoms with E-state index in [1.807, 2.05) is 31.7 Å². The zero-order chi connectivity index (χ0) is 22.1. The molecule has 1 N–H and O–H groups in total. The zero-order valence-corrected chi connectivity index (χ0v) is 18.1. The number of halogens is 4. The lowest BCUT2D eigenvalue weighted by molar-refractivity contribution is -0.137. The van der Waals surface area contributed by atoms with Gasteiger partial charge in [-0.15, -0.1) is 12.4 Å². The van der Waals surface area contributed by atoms with Crippen LogP contribution in [0.1, 0.15) is 30.5 Å². The fraction of sp³-hybridized carbons (Fsp3) is 0.381. The van der Waals surface area contributed by atoms with Gasteiger partial charge in [-0.3, -0.25) is 4.98 Å². The van der Waals surface area contributed by atoms with Crippen molar-refractivity contribution in [3.8, 4) is 6.07 Å². The Hall–Kier alpha value is -2.99. The van der Waals surface area contributed by atoms with Crippen LogP contribution in [0.15, 0.2) is 36.7 Å². The van der Waals surface area contributed by atoms with Crippen molar-refractivity contribution in [3.63, 3.8) is 0 Å². The number of aryl methyl sites for hydroxylation is 1. The lowest BCUT2D eigenvalue weighted by atomic mass is 10.0. The normalized spacial score (nSPS) is 18.7. The third-order valence-corrected chi connectivity index (χ3v) is 5.13. The molecule has 1 aromatic heterocycles. The zero-order valence-electron chi connectivity index (χ0n) is 17.3. The highest BCUT2D eigenvalue weighted by Crippen LogP contribution is 2.35. The fourth-order valence-corrected chi connectivity index (χ4v) is 3.63. The number of nitrogens with zero attached hydrogens (tertiary/aromatic N) is 4. The summed E-state index contributed by atoms with van der Waals surface area (Å²) < 4.78 is 40.0. The van der Waals surface area contributed by atoms with E-state index in [9.17, 15) is 18.0 Å². The third-order valence-electron chi connectivity index (χ3n) is 5.13. The van der Waals surface area contributed by atoms with Crippen LogP contribution >= 0.6 is 12.4 Å². The number of amides is 2. The first kappa shape index (κ1) is 24.3. The summed E-state index contributed by atoms with van der Waals surface area (Å²) in [5, 5.41) is 11.8. The van der Waals surface area contributed by atoms with Gasteiger partial charge in [0.15, 0.2) is 0 Å². The average Bonchev–Trinajstić information content (AvgIpc) is 2.68. The molecule has 2 aromatic rings. The molecule has 0 bridgehead atoms. The van der Waals surface area contributed by atoms with Crippen molar-refractivity contribution in [2.24, 2.45) is 0 Å². The summed E-state index contributed by atoms with van der Waals surface area (Å²) in [6, 6.07) is 6.41. The molecule has 1 saturated heterocycles. The Bertz CT molecular complexity index is 992. The van der Waals surface area contributed by atoms with E-state index in [-0.39, 0.29) is 30.5 Å². The number of carbonyl (C=O) groups is 1. The summed E-state index contributed by atoms with van der Waals surface area (Å²) in [4.78, 5) is 20.3. The van der Waals surface area contributed by atoms with Gasteiger partial charge < -0.3 is 15.1 Å². The Morgan fingerprint density at radius 1 is 1.19 bits per heavy atom. The van der Waals surface area contributed by atoms with E-state index in [2.05, 4.69) is 10.3 Å². The lowest BCUT2D eigenvalue weighted by Gasteiger charge is -2.45. The number of rotatable bonds is 2. The van der Waals surface area contributed by atoms with Gasteiger partial charge in [-0.2, -0.15) is 18.4 Å². The quantitative estimate of drug-likeness (QED) is 0.706. The molecule has 2 amide bonds. The maximum atomic E-state index is 13.3. The number of nitrogens with one attached hydrogen (secondary N) is 1. The van der Waals surface area contributed by atoms with Crippen molar-refractivity contribution in [2.45, 2.75) is 39.0 Å². The van der Waals surface area contributed by atoms with Gasteiger partial charge in [-0.25, -0.2) is 4.79 Å². The van der Waals surface area contributed by atoms with Gasteiger partial charge >= 0.3 is 12.2 Å². The number of hydrogen-bond acceptors (Lipinski definition) is 4. The number of carbonyl (C=O) groups excluding carboxylic acids is 1. The third kappa shape index (κ3) is 5.39. The van der Waals surface area contributed by atoms with Gasteiger partial charge in [-0.1, -0.05) is 0 Å². The van der Waals surface area contributed by atoms with Gasteiger partial charge in [0.2, 0.25) is 0 Å². The van der Waals surface area contributed by atoms with Crippen LogP contribution in [0.5, 0.6) is 0 Å². The summed E-state index contributed by atoms with van der Waals surface area (Å²) in [6.45, 7) is 6.28. The van der Waals surface area contributed by atoms with E-state index in [1.54, 1.807) is 23.4 Å². The maximum absolute atomic E-state index is 13.3. The minimum atomic E-state index is -4.61. The minimum Gasteiger partial charge on any atom is -0.365 e. The highest BCUT2D eigenvalue weighted by Gasteiger charge is 2.36. The highest BCUT2D eigenvalue weighted by atomic mass is 35.5. The number of pyridine rings is 1. The molecule has 166 valence electrons. The summed E-state index contributed by atoms with van der Waals surface area (Å²) in [6.07, 6.45) is -1.37. The van der Waals surface area contributed by atoms with Gasteiger partial charge in [0.25, 0.3) is 0 Å². The number of alkyl halides is 3. The molecule has 0 unspecified atom stereocenters. The van der Waals surface area contributed by atoms with E-state index in [1.165, 1.54) is 12.1 Å². The molecule has 10 heteroatoms. The van der Waals surface area contributed by atoms with Crippen LogP contribution in [0.3, 0.4) is 0 Å². The Morgan fingerprint density at radius 3 is 2.52 bits per heavy atom. The lowest BCUT2D eigenvalue weighted by Crippen LogP contribution is -2.59. The Labute approximate surface area is 185 Å². The molecule has 0 radical (unpaired) electrons. The van der Waals surface area contributed by atoms with Crippen molar-refractivity contribution in [1.82, 2.24) is 9.88 Å². The van der Waals surface area contributed by atoms with Crippen molar-refractivity contribution in [2.75, 3.05) is 23.3 Å². The predicted molar refractivity (Wildman–Crippen MR) is 114 cm³/mol. The molecule has 31 heavy (non-hydrogen) atoms. The van der Waals surface area contributed by atoms with E-state index in [0.29, 0.717) is 24.5 Å². The van der Waals surface area contributed by atoms with Crippen LogP contribution in [-0.2, 0) is 6.18 Å². The Kier molecular flexibility index (Phi) is 7.39. The number of benzene rings is 1. The maximum Gasteiger partial charge on any atom is 0.417 e. The molecule has 0 saturated carbocycles. The van der Waals surface area contributed by atoms with Crippen LogP contribution in [0, 0.1) is 18.3 Å². The predicted octanol–water partition coefficient (Wildman–Crippen LogP) is 4.83. The van der Waals surface area contributed by atoms with Crippen molar-refractivity contribution < 1.29 is 18.0 Å². The smallest absolute Gasteiger partial charge is 0.365 e. The van der Waals surface area contributed by atoms with Gasteiger partial charge in [0, 0.05) is 37.1 Å². The summed E-state index contributed by atoms with van der Waals surface area (Å²) in [5.74, 6) is 0. The molecule has 0 spiro atoms. The summed E-state index contributed by atoms with van der Waals surface area (Å²) >= 11 is 0. The van der Waals surface area contributed by atoms with Crippen molar-refractivity contribution in [3.05, 3.63) is 53.3 Å². The summed E-state index contributed by atoms with van der Waals surface area (Å²) in [5.41, 5.74) is 0.527. The number of anilines is 2. The number of aromatic nitrogens is 1. The van der Waals surface area contributed by atoms with Crippen LogP contribution in [0.4, 0.5) is 29.3 Å². The van der Waals surface area contributed by atoms with Crippen molar-refractivity contribution in [1.29, 1.82) is 5.26 Å².